The number of halogens is 3. The Balaban J connectivity index is 2.00. The predicted molar refractivity (Wildman–Crippen MR) is 66.5 cm³/mol. The first-order chi connectivity index (χ1) is 9.84. The highest BCUT2D eigenvalue weighted by Gasteiger charge is 2.29. The summed E-state index contributed by atoms with van der Waals surface area (Å²) in [6.07, 6.45) is -2.54. The van der Waals surface area contributed by atoms with Gasteiger partial charge in [0.2, 0.25) is 0 Å². The number of hydrogen-bond acceptors (Lipinski definition) is 3. The first-order valence-electron chi connectivity index (χ1n) is 6.11. The van der Waals surface area contributed by atoms with Crippen LogP contribution in [0, 0.1) is 0 Å². The van der Waals surface area contributed by atoms with Crippen LogP contribution in [-0.4, -0.2) is 26.1 Å². The van der Waals surface area contributed by atoms with Gasteiger partial charge >= 0.3 is 12.1 Å². The molecule has 5 nitrogen and oxygen atoms in total. The minimum atomic E-state index is -4.35. The normalized spacial score (nSPS) is 11.6. The van der Waals surface area contributed by atoms with Crippen LogP contribution in [0.5, 0.6) is 0 Å². The van der Waals surface area contributed by atoms with E-state index >= 15 is 0 Å². The number of nitrogens with zero attached hydrogens (tertiary/aromatic N) is 3. The van der Waals surface area contributed by atoms with E-state index < -0.39 is 17.7 Å². The number of hydrogen-bond donors (Lipinski definition) is 1. The number of benzene rings is 1. The molecule has 2 aromatic rings. The van der Waals surface area contributed by atoms with Gasteiger partial charge in [-0.1, -0.05) is 17.3 Å². The zero-order chi connectivity index (χ0) is 15.5. The third-order valence-electron chi connectivity index (χ3n) is 2.81. The van der Waals surface area contributed by atoms with Crippen molar-refractivity contribution in [1.29, 1.82) is 0 Å². The number of aromatic nitrogens is 3. The van der Waals surface area contributed by atoms with Crippen LogP contribution < -0.4 is 0 Å². The van der Waals surface area contributed by atoms with Crippen LogP contribution >= 0.6 is 0 Å². The number of carboxylic acid groups (broad SMARTS) is 1. The second-order valence-electron chi connectivity index (χ2n) is 4.50. The monoisotopic (exact) mass is 299 g/mol. The zero-order valence-electron chi connectivity index (χ0n) is 10.8. The summed E-state index contributed by atoms with van der Waals surface area (Å²) in [4.78, 5) is 10.4. The van der Waals surface area contributed by atoms with E-state index in [1.165, 1.54) is 16.8 Å². The lowest BCUT2D eigenvalue weighted by Crippen LogP contribution is -2.05. The molecular weight excluding hydrogens is 287 g/mol. The van der Waals surface area contributed by atoms with E-state index in [0.717, 1.165) is 12.1 Å². The molecule has 2 rings (SSSR count). The average Bonchev–Trinajstić information content (AvgIpc) is 2.83. The topological polar surface area (TPSA) is 68.0 Å². The van der Waals surface area contributed by atoms with Gasteiger partial charge in [0.25, 0.3) is 0 Å². The quantitative estimate of drug-likeness (QED) is 0.920. The molecule has 0 spiro atoms. The lowest BCUT2D eigenvalue weighted by Gasteiger charge is -2.07. The molecule has 0 aliphatic carbocycles. The Hall–Kier alpha value is -2.38. The minimum Gasteiger partial charge on any atom is -0.481 e. The summed E-state index contributed by atoms with van der Waals surface area (Å²) >= 11 is 0. The van der Waals surface area contributed by atoms with Crippen molar-refractivity contribution in [2.45, 2.75) is 25.6 Å². The molecule has 0 unspecified atom stereocenters. The number of alkyl halides is 3. The van der Waals surface area contributed by atoms with Crippen molar-refractivity contribution >= 4 is 5.97 Å². The van der Waals surface area contributed by atoms with Gasteiger partial charge in [0.05, 0.1) is 24.2 Å². The molecule has 1 aromatic carbocycles. The molecule has 1 heterocycles. The van der Waals surface area contributed by atoms with Crippen molar-refractivity contribution < 1.29 is 23.1 Å². The van der Waals surface area contributed by atoms with E-state index in [2.05, 4.69) is 10.3 Å². The van der Waals surface area contributed by atoms with Gasteiger partial charge in [-0.05, 0) is 17.7 Å². The molecular formula is C13H12F3N3O2. The molecule has 0 aliphatic heterocycles. The number of rotatable bonds is 5. The Bertz CT molecular complexity index is 620. The maximum absolute atomic E-state index is 12.4. The van der Waals surface area contributed by atoms with Crippen molar-refractivity contribution in [1.82, 2.24) is 15.0 Å². The van der Waals surface area contributed by atoms with E-state index in [0.29, 0.717) is 11.3 Å². The lowest BCUT2D eigenvalue weighted by atomic mass is 10.1. The van der Waals surface area contributed by atoms with E-state index in [1.807, 2.05) is 0 Å². The fourth-order valence-corrected chi connectivity index (χ4v) is 1.75. The van der Waals surface area contributed by atoms with Crippen molar-refractivity contribution in [2.24, 2.45) is 0 Å². The van der Waals surface area contributed by atoms with Crippen molar-refractivity contribution in [2.75, 3.05) is 0 Å². The number of carboxylic acids is 1. The smallest absolute Gasteiger partial charge is 0.416 e. The molecule has 112 valence electrons. The Labute approximate surface area is 118 Å². The van der Waals surface area contributed by atoms with E-state index in [1.54, 1.807) is 6.20 Å². The zero-order valence-corrected chi connectivity index (χ0v) is 10.8. The third kappa shape index (κ3) is 4.30. The Morgan fingerprint density at radius 3 is 2.48 bits per heavy atom. The first kappa shape index (κ1) is 15.0. The summed E-state index contributed by atoms with van der Waals surface area (Å²) in [6, 6.07) is 4.78. The lowest BCUT2D eigenvalue weighted by molar-refractivity contribution is -0.138. The molecule has 0 saturated heterocycles. The Kier molecular flexibility index (Phi) is 4.25. The van der Waals surface area contributed by atoms with Gasteiger partial charge in [0, 0.05) is 12.6 Å². The SMILES string of the molecule is O=C(O)CCc1cn(Cc2ccc(C(F)(F)F)cc2)nn1. The third-order valence-corrected chi connectivity index (χ3v) is 2.81. The largest absolute Gasteiger partial charge is 0.481 e. The average molecular weight is 299 g/mol. The van der Waals surface area contributed by atoms with E-state index in [-0.39, 0.29) is 19.4 Å². The Morgan fingerprint density at radius 1 is 1.24 bits per heavy atom. The highest BCUT2D eigenvalue weighted by atomic mass is 19.4. The minimum absolute atomic E-state index is 0.0427. The van der Waals surface area contributed by atoms with Crippen LogP contribution in [0.1, 0.15) is 23.2 Å². The summed E-state index contributed by atoms with van der Waals surface area (Å²) in [5.74, 6) is -0.924. The van der Waals surface area contributed by atoms with E-state index in [4.69, 9.17) is 5.11 Å². The molecule has 0 saturated carbocycles. The maximum Gasteiger partial charge on any atom is 0.416 e. The van der Waals surface area contributed by atoms with E-state index in [9.17, 15) is 18.0 Å². The highest BCUT2D eigenvalue weighted by Crippen LogP contribution is 2.29. The number of aliphatic carboxylic acids is 1. The molecule has 0 amide bonds. The molecule has 8 heteroatoms. The van der Waals surface area contributed by atoms with Gasteiger partial charge < -0.3 is 5.11 Å². The molecule has 0 atom stereocenters. The second kappa shape index (κ2) is 5.94. The van der Waals surface area contributed by atoms with Crippen molar-refractivity contribution in [3.8, 4) is 0 Å². The predicted octanol–water partition coefficient (Wildman–Crippen LogP) is 2.36. The molecule has 0 fully saturated rings. The summed E-state index contributed by atoms with van der Waals surface area (Å²) in [7, 11) is 0. The van der Waals surface area contributed by atoms with Gasteiger partial charge in [-0.2, -0.15) is 13.2 Å². The summed E-state index contributed by atoms with van der Waals surface area (Å²) < 4.78 is 38.7. The van der Waals surface area contributed by atoms with Crippen LogP contribution in [0.25, 0.3) is 0 Å². The summed E-state index contributed by atoms with van der Waals surface area (Å²) in [5, 5.41) is 16.2. The number of aryl methyl sites for hydroxylation is 1. The van der Waals surface area contributed by atoms with Crippen LogP contribution in [-0.2, 0) is 23.9 Å². The van der Waals surface area contributed by atoms with Gasteiger partial charge in [0.15, 0.2) is 0 Å². The van der Waals surface area contributed by atoms with Crippen molar-refractivity contribution in [3.63, 3.8) is 0 Å². The molecule has 1 N–H and O–H groups in total. The fourth-order valence-electron chi connectivity index (χ4n) is 1.75. The van der Waals surface area contributed by atoms with Crippen LogP contribution in [0.4, 0.5) is 13.2 Å². The second-order valence-corrected chi connectivity index (χ2v) is 4.50. The summed E-state index contributed by atoms with van der Waals surface area (Å²) in [5.41, 5.74) is 0.481. The van der Waals surface area contributed by atoms with Gasteiger partial charge in [-0.25, -0.2) is 4.68 Å². The molecule has 0 radical (unpaired) electrons. The first-order valence-corrected chi connectivity index (χ1v) is 6.11. The Morgan fingerprint density at radius 2 is 1.90 bits per heavy atom. The van der Waals surface area contributed by atoms with Crippen LogP contribution in [0.3, 0.4) is 0 Å². The van der Waals surface area contributed by atoms with Crippen molar-refractivity contribution in [3.05, 3.63) is 47.3 Å². The fraction of sp³-hybridized carbons (Fsp3) is 0.308. The summed E-state index contributed by atoms with van der Waals surface area (Å²) in [6.45, 7) is 0.276. The molecule has 1 aromatic heterocycles. The maximum atomic E-state index is 12.4. The van der Waals surface area contributed by atoms with Gasteiger partial charge in [-0.15, -0.1) is 5.10 Å². The van der Waals surface area contributed by atoms with Gasteiger partial charge in [0.1, 0.15) is 0 Å². The standard InChI is InChI=1S/C13H12F3N3O2/c14-13(15,16)10-3-1-9(2-4-10)7-19-8-11(17-18-19)5-6-12(20)21/h1-4,8H,5-7H2,(H,20,21). The molecule has 0 bridgehead atoms. The van der Waals surface area contributed by atoms with Crippen LogP contribution in [0.2, 0.25) is 0 Å². The highest BCUT2D eigenvalue weighted by molar-refractivity contribution is 5.66. The number of carbonyl (C=O) groups is 1. The van der Waals surface area contributed by atoms with Crippen LogP contribution in [0.15, 0.2) is 30.5 Å². The molecule has 0 aliphatic rings. The molecule has 21 heavy (non-hydrogen) atoms. The van der Waals surface area contributed by atoms with Gasteiger partial charge in [-0.3, -0.25) is 4.79 Å².